The highest BCUT2D eigenvalue weighted by Crippen LogP contribution is 2.36. The van der Waals surface area contributed by atoms with Gasteiger partial charge in [-0.15, -0.1) is 0 Å². The standard InChI is InChI=1S/C22H32N2O2/c1-26-20-12-8-17(9-13-20)15-23(19-10-11-19)16-22(25)24-14-4-6-18-5-2-3-7-21(18)24/h8-9,12-13,18-19,21H,2-7,10-11,14-16H2,1H3/t18-,21-/m0/s1. The van der Waals surface area contributed by atoms with E-state index in [-0.39, 0.29) is 0 Å². The second-order valence-corrected chi connectivity index (χ2v) is 8.33. The molecule has 0 spiro atoms. The van der Waals surface area contributed by atoms with Gasteiger partial charge in [0.1, 0.15) is 5.75 Å². The zero-order valence-electron chi connectivity index (χ0n) is 16.0. The fourth-order valence-electron chi connectivity index (χ4n) is 4.92. The Kier molecular flexibility index (Phi) is 5.49. The molecule has 1 aliphatic heterocycles. The van der Waals surface area contributed by atoms with Crippen molar-refractivity contribution < 1.29 is 9.53 Å². The first-order chi connectivity index (χ1) is 12.7. The summed E-state index contributed by atoms with van der Waals surface area (Å²) in [5, 5.41) is 0. The number of hydrogen-bond acceptors (Lipinski definition) is 3. The van der Waals surface area contributed by atoms with Crippen LogP contribution in [0.25, 0.3) is 0 Å². The van der Waals surface area contributed by atoms with Gasteiger partial charge in [-0.2, -0.15) is 0 Å². The van der Waals surface area contributed by atoms with Gasteiger partial charge in [0.25, 0.3) is 0 Å². The van der Waals surface area contributed by atoms with Crippen molar-refractivity contribution in [2.75, 3.05) is 20.2 Å². The third kappa shape index (κ3) is 4.06. The summed E-state index contributed by atoms with van der Waals surface area (Å²) in [5.74, 6) is 2.01. The Morgan fingerprint density at radius 2 is 1.81 bits per heavy atom. The number of fused-ring (bicyclic) bond motifs is 1. The second-order valence-electron chi connectivity index (χ2n) is 8.33. The van der Waals surface area contributed by atoms with E-state index in [1.54, 1.807) is 7.11 Å². The van der Waals surface area contributed by atoms with Crippen molar-refractivity contribution in [1.29, 1.82) is 0 Å². The number of rotatable bonds is 6. The normalized spacial score (nSPS) is 25.8. The molecule has 4 heteroatoms. The molecule has 1 aromatic carbocycles. The maximum atomic E-state index is 13.2. The summed E-state index contributed by atoms with van der Waals surface area (Å²) in [4.78, 5) is 17.8. The highest BCUT2D eigenvalue weighted by Gasteiger charge is 2.37. The smallest absolute Gasteiger partial charge is 0.237 e. The molecule has 2 atom stereocenters. The molecule has 0 radical (unpaired) electrons. The van der Waals surface area contributed by atoms with Gasteiger partial charge in [-0.25, -0.2) is 0 Å². The molecule has 1 aromatic rings. The number of nitrogens with zero attached hydrogens (tertiary/aromatic N) is 2. The first-order valence-electron chi connectivity index (χ1n) is 10.4. The van der Waals surface area contributed by atoms with E-state index in [9.17, 15) is 4.79 Å². The molecule has 26 heavy (non-hydrogen) atoms. The number of likely N-dealkylation sites (tertiary alicyclic amines) is 1. The van der Waals surface area contributed by atoms with E-state index in [2.05, 4.69) is 21.9 Å². The average molecular weight is 357 g/mol. The van der Waals surface area contributed by atoms with Crippen LogP contribution in [0, 0.1) is 5.92 Å². The Bertz CT molecular complexity index is 609. The lowest BCUT2D eigenvalue weighted by atomic mass is 9.78. The van der Waals surface area contributed by atoms with Crippen LogP contribution >= 0.6 is 0 Å². The SMILES string of the molecule is COc1ccc(CN(CC(=O)N2CCC[C@@H]3CCCC[C@@H]32)C2CC2)cc1. The minimum Gasteiger partial charge on any atom is -0.497 e. The number of piperidine rings is 1. The molecule has 142 valence electrons. The lowest BCUT2D eigenvalue weighted by Gasteiger charge is -2.44. The van der Waals surface area contributed by atoms with E-state index in [0.29, 0.717) is 24.5 Å². The van der Waals surface area contributed by atoms with Gasteiger partial charge >= 0.3 is 0 Å². The molecule has 0 aromatic heterocycles. The molecular formula is C22H32N2O2. The van der Waals surface area contributed by atoms with Gasteiger partial charge in [0.05, 0.1) is 13.7 Å². The molecule has 0 N–H and O–H groups in total. The van der Waals surface area contributed by atoms with Gasteiger partial charge in [0.15, 0.2) is 0 Å². The van der Waals surface area contributed by atoms with Crippen LogP contribution in [0.3, 0.4) is 0 Å². The van der Waals surface area contributed by atoms with Gasteiger partial charge < -0.3 is 9.64 Å². The molecule has 0 bridgehead atoms. The monoisotopic (exact) mass is 356 g/mol. The molecular weight excluding hydrogens is 324 g/mol. The molecule has 4 nitrogen and oxygen atoms in total. The number of methoxy groups -OCH3 is 1. The van der Waals surface area contributed by atoms with Crippen LogP contribution in [0.5, 0.6) is 5.75 Å². The molecule has 3 fully saturated rings. The predicted octanol–water partition coefficient (Wildman–Crippen LogP) is 3.84. The highest BCUT2D eigenvalue weighted by molar-refractivity contribution is 5.79. The first-order valence-corrected chi connectivity index (χ1v) is 10.4. The molecule has 4 rings (SSSR count). The van der Waals surface area contributed by atoms with Crippen LogP contribution < -0.4 is 4.74 Å². The fourth-order valence-corrected chi connectivity index (χ4v) is 4.92. The number of carbonyl (C=O) groups excluding carboxylic acids is 1. The number of ether oxygens (including phenoxy) is 1. The predicted molar refractivity (Wildman–Crippen MR) is 103 cm³/mol. The Labute approximate surface area is 157 Å². The van der Waals surface area contributed by atoms with Crippen LogP contribution in [0.4, 0.5) is 0 Å². The fraction of sp³-hybridized carbons (Fsp3) is 0.682. The van der Waals surface area contributed by atoms with Crippen molar-refractivity contribution in [2.45, 2.75) is 70.0 Å². The molecule has 0 unspecified atom stereocenters. The molecule has 2 saturated carbocycles. The van der Waals surface area contributed by atoms with Crippen molar-refractivity contribution in [3.63, 3.8) is 0 Å². The van der Waals surface area contributed by atoms with E-state index in [1.807, 2.05) is 12.1 Å². The van der Waals surface area contributed by atoms with E-state index < -0.39 is 0 Å². The van der Waals surface area contributed by atoms with Gasteiger partial charge in [0, 0.05) is 25.2 Å². The molecule has 1 amide bonds. The highest BCUT2D eigenvalue weighted by atomic mass is 16.5. The van der Waals surface area contributed by atoms with Crippen LogP contribution in [0.1, 0.15) is 56.9 Å². The summed E-state index contributed by atoms with van der Waals surface area (Å²) in [6.45, 7) is 2.42. The number of amides is 1. The largest absolute Gasteiger partial charge is 0.497 e. The van der Waals surface area contributed by atoms with Crippen molar-refractivity contribution in [3.8, 4) is 5.75 Å². The maximum absolute atomic E-state index is 13.2. The summed E-state index contributed by atoms with van der Waals surface area (Å²) < 4.78 is 5.25. The van der Waals surface area contributed by atoms with E-state index in [0.717, 1.165) is 24.8 Å². The van der Waals surface area contributed by atoms with Crippen molar-refractivity contribution in [1.82, 2.24) is 9.80 Å². The van der Waals surface area contributed by atoms with E-state index >= 15 is 0 Å². The zero-order valence-corrected chi connectivity index (χ0v) is 16.0. The topological polar surface area (TPSA) is 32.8 Å². The van der Waals surface area contributed by atoms with Gasteiger partial charge in [-0.1, -0.05) is 25.0 Å². The van der Waals surface area contributed by atoms with Crippen molar-refractivity contribution in [2.24, 2.45) is 5.92 Å². The van der Waals surface area contributed by atoms with E-state index in [4.69, 9.17) is 4.74 Å². The first kappa shape index (κ1) is 17.8. The average Bonchev–Trinajstić information content (AvgIpc) is 3.53. The Hall–Kier alpha value is -1.55. The van der Waals surface area contributed by atoms with Crippen molar-refractivity contribution >= 4 is 5.91 Å². The van der Waals surface area contributed by atoms with Gasteiger partial charge in [-0.3, -0.25) is 9.69 Å². The molecule has 1 saturated heterocycles. The third-order valence-electron chi connectivity index (χ3n) is 6.51. The number of carbonyl (C=O) groups is 1. The molecule has 2 aliphatic carbocycles. The van der Waals surface area contributed by atoms with Crippen LogP contribution in [-0.2, 0) is 11.3 Å². The van der Waals surface area contributed by atoms with Gasteiger partial charge in [-0.05, 0) is 62.1 Å². The summed E-state index contributed by atoms with van der Waals surface area (Å²) in [7, 11) is 1.70. The molecule has 1 heterocycles. The number of benzene rings is 1. The van der Waals surface area contributed by atoms with Crippen molar-refractivity contribution in [3.05, 3.63) is 29.8 Å². The quantitative estimate of drug-likeness (QED) is 0.776. The second kappa shape index (κ2) is 7.99. The Balaban J connectivity index is 1.40. The third-order valence-corrected chi connectivity index (χ3v) is 6.51. The number of hydrogen-bond donors (Lipinski definition) is 0. The summed E-state index contributed by atoms with van der Waals surface area (Å²) in [6, 6.07) is 9.38. The zero-order chi connectivity index (χ0) is 17.9. The minimum atomic E-state index is 0.363. The van der Waals surface area contributed by atoms with Gasteiger partial charge in [0.2, 0.25) is 5.91 Å². The van der Waals surface area contributed by atoms with E-state index in [1.165, 1.54) is 56.9 Å². The summed E-state index contributed by atoms with van der Waals surface area (Å²) in [6.07, 6.45) is 10.2. The van der Waals surface area contributed by atoms with Crippen LogP contribution in [0.2, 0.25) is 0 Å². The lowest BCUT2D eigenvalue weighted by Crippen LogP contribution is -2.52. The Morgan fingerprint density at radius 1 is 1.08 bits per heavy atom. The maximum Gasteiger partial charge on any atom is 0.237 e. The minimum absolute atomic E-state index is 0.363. The summed E-state index contributed by atoms with van der Waals surface area (Å²) in [5.41, 5.74) is 1.26. The lowest BCUT2D eigenvalue weighted by molar-refractivity contribution is -0.139. The summed E-state index contributed by atoms with van der Waals surface area (Å²) >= 11 is 0. The van der Waals surface area contributed by atoms with Crippen LogP contribution in [-0.4, -0.2) is 48.0 Å². The Morgan fingerprint density at radius 3 is 2.54 bits per heavy atom. The van der Waals surface area contributed by atoms with Crippen LogP contribution in [0.15, 0.2) is 24.3 Å². The molecule has 3 aliphatic rings.